The number of benzene rings is 2. The summed E-state index contributed by atoms with van der Waals surface area (Å²) < 4.78 is 13.3. The summed E-state index contributed by atoms with van der Waals surface area (Å²) in [5, 5.41) is 0.686. The summed E-state index contributed by atoms with van der Waals surface area (Å²) in [5.74, 6) is 1.19. The zero-order valence-corrected chi connectivity index (χ0v) is 20.7. The first-order valence-corrected chi connectivity index (χ1v) is 11.8. The van der Waals surface area contributed by atoms with E-state index in [0.717, 1.165) is 14.7 Å². The van der Waals surface area contributed by atoms with Gasteiger partial charge in [0, 0.05) is 11.6 Å². The van der Waals surface area contributed by atoms with E-state index in [1.165, 1.54) is 16.7 Å². The van der Waals surface area contributed by atoms with E-state index in [-0.39, 0.29) is 5.91 Å². The van der Waals surface area contributed by atoms with Gasteiger partial charge < -0.3 is 9.47 Å². The minimum atomic E-state index is -0.110. The quantitative estimate of drug-likeness (QED) is 0.161. The number of ether oxygens (including phenoxy) is 2. The van der Waals surface area contributed by atoms with Crippen LogP contribution in [0.2, 0.25) is 5.02 Å². The van der Waals surface area contributed by atoms with Crippen molar-refractivity contribution in [3.63, 3.8) is 0 Å². The Balaban J connectivity index is 1.85. The lowest BCUT2D eigenvalue weighted by atomic mass is 10.1. The molecule has 0 aliphatic carbocycles. The maximum Gasteiger partial charge on any atom is 0.266 e. The van der Waals surface area contributed by atoms with Crippen LogP contribution in [0.5, 0.6) is 11.5 Å². The zero-order chi connectivity index (χ0) is 21.7. The molecule has 4 nitrogen and oxygen atoms in total. The van der Waals surface area contributed by atoms with Gasteiger partial charge in [-0.05, 0) is 71.0 Å². The predicted octanol–water partition coefficient (Wildman–Crippen LogP) is 6.31. The van der Waals surface area contributed by atoms with Crippen molar-refractivity contribution in [1.29, 1.82) is 0 Å². The molecule has 1 aliphatic rings. The molecular weight excluding hydrogens is 553 g/mol. The van der Waals surface area contributed by atoms with Crippen molar-refractivity contribution in [2.75, 3.05) is 13.2 Å². The number of carbonyl (C=O) groups excluding carboxylic acids is 1. The highest BCUT2D eigenvalue weighted by atomic mass is 127. The van der Waals surface area contributed by atoms with Gasteiger partial charge in [-0.2, -0.15) is 0 Å². The van der Waals surface area contributed by atoms with E-state index < -0.39 is 0 Å². The maximum atomic E-state index is 12.6. The van der Waals surface area contributed by atoms with Crippen molar-refractivity contribution in [3.8, 4) is 11.5 Å². The Morgan fingerprint density at radius 2 is 2.00 bits per heavy atom. The fourth-order valence-corrected chi connectivity index (χ4v) is 4.93. The van der Waals surface area contributed by atoms with Gasteiger partial charge in [0.05, 0.1) is 15.1 Å². The molecule has 0 atom stereocenters. The van der Waals surface area contributed by atoms with Crippen molar-refractivity contribution in [2.45, 2.75) is 13.5 Å². The van der Waals surface area contributed by atoms with Gasteiger partial charge in [-0.1, -0.05) is 53.8 Å². The van der Waals surface area contributed by atoms with E-state index in [0.29, 0.717) is 45.5 Å². The standard InChI is InChI=1S/C22H19ClINO3S2/c1-3-9-25-21(26)19(30-22(25)29)12-15-10-17(24)20(18(11-15)27-4-2)28-13-14-5-7-16(23)8-6-14/h3,5-8,10-12H,1,4,9,13H2,2H3/b19-12-. The summed E-state index contributed by atoms with van der Waals surface area (Å²) in [5.41, 5.74) is 1.86. The molecule has 156 valence electrons. The highest BCUT2D eigenvalue weighted by Gasteiger charge is 2.31. The average molecular weight is 572 g/mol. The first kappa shape index (κ1) is 23.1. The Kier molecular flexibility index (Phi) is 8.21. The smallest absolute Gasteiger partial charge is 0.266 e. The second-order valence-corrected chi connectivity index (χ2v) is 9.53. The second kappa shape index (κ2) is 10.7. The van der Waals surface area contributed by atoms with Crippen LogP contribution >= 0.6 is 58.2 Å². The number of thioether (sulfide) groups is 1. The van der Waals surface area contributed by atoms with Crippen molar-refractivity contribution < 1.29 is 14.3 Å². The Bertz CT molecular complexity index is 1010. The maximum absolute atomic E-state index is 12.6. The molecule has 3 rings (SSSR count). The zero-order valence-electron chi connectivity index (χ0n) is 16.2. The molecule has 0 unspecified atom stereocenters. The van der Waals surface area contributed by atoms with Crippen LogP contribution in [-0.2, 0) is 11.4 Å². The predicted molar refractivity (Wildman–Crippen MR) is 136 cm³/mol. The lowest BCUT2D eigenvalue weighted by molar-refractivity contribution is -0.121. The number of carbonyl (C=O) groups is 1. The van der Waals surface area contributed by atoms with Crippen LogP contribution in [0.3, 0.4) is 0 Å². The molecule has 2 aromatic carbocycles. The summed E-state index contributed by atoms with van der Waals surface area (Å²) >= 11 is 14.8. The lowest BCUT2D eigenvalue weighted by Crippen LogP contribution is -2.27. The molecule has 1 aliphatic heterocycles. The summed E-state index contributed by atoms with van der Waals surface area (Å²) in [6.45, 7) is 6.90. The van der Waals surface area contributed by atoms with Crippen LogP contribution in [0.1, 0.15) is 18.1 Å². The Morgan fingerprint density at radius 1 is 1.27 bits per heavy atom. The normalized spacial score (nSPS) is 15.0. The monoisotopic (exact) mass is 571 g/mol. The lowest BCUT2D eigenvalue weighted by Gasteiger charge is -2.15. The molecule has 0 radical (unpaired) electrons. The number of hydrogen-bond acceptors (Lipinski definition) is 5. The van der Waals surface area contributed by atoms with E-state index in [4.69, 9.17) is 33.3 Å². The van der Waals surface area contributed by atoms with E-state index in [9.17, 15) is 4.79 Å². The minimum absolute atomic E-state index is 0.110. The molecule has 30 heavy (non-hydrogen) atoms. The molecular formula is C22H19ClINO3S2. The number of hydrogen-bond donors (Lipinski definition) is 0. The molecule has 0 N–H and O–H groups in total. The van der Waals surface area contributed by atoms with Gasteiger partial charge in [-0.15, -0.1) is 6.58 Å². The molecule has 0 aromatic heterocycles. The molecule has 1 saturated heterocycles. The summed E-state index contributed by atoms with van der Waals surface area (Å²) in [7, 11) is 0. The van der Waals surface area contributed by atoms with Crippen LogP contribution in [-0.4, -0.2) is 28.3 Å². The fraction of sp³-hybridized carbons (Fsp3) is 0.182. The second-order valence-electron chi connectivity index (χ2n) is 6.26. The van der Waals surface area contributed by atoms with Crippen LogP contribution in [0.15, 0.2) is 54.0 Å². The fourth-order valence-electron chi connectivity index (χ4n) is 2.75. The highest BCUT2D eigenvalue weighted by Crippen LogP contribution is 2.38. The number of amides is 1. The number of halogens is 2. The van der Waals surface area contributed by atoms with E-state index in [1.807, 2.05) is 49.4 Å². The molecule has 0 bridgehead atoms. The van der Waals surface area contributed by atoms with Crippen molar-refractivity contribution in [2.24, 2.45) is 0 Å². The Morgan fingerprint density at radius 3 is 2.67 bits per heavy atom. The van der Waals surface area contributed by atoms with Gasteiger partial charge in [-0.3, -0.25) is 9.69 Å². The molecule has 0 spiro atoms. The molecule has 2 aromatic rings. The van der Waals surface area contributed by atoms with Gasteiger partial charge in [0.1, 0.15) is 10.9 Å². The summed E-state index contributed by atoms with van der Waals surface area (Å²) in [6, 6.07) is 11.4. The topological polar surface area (TPSA) is 38.8 Å². The summed E-state index contributed by atoms with van der Waals surface area (Å²) in [4.78, 5) is 14.7. The van der Waals surface area contributed by atoms with Crippen molar-refractivity contribution in [3.05, 3.63) is 73.7 Å². The number of rotatable bonds is 8. The molecule has 1 amide bonds. The third-order valence-electron chi connectivity index (χ3n) is 4.11. The Hall–Kier alpha value is -1.55. The minimum Gasteiger partial charge on any atom is -0.490 e. The SMILES string of the molecule is C=CCN1C(=O)/C(=C/c2cc(I)c(OCc3ccc(Cl)cc3)c(OCC)c2)SC1=S. The third kappa shape index (κ3) is 5.57. The number of nitrogens with zero attached hydrogens (tertiary/aromatic N) is 1. The molecule has 1 heterocycles. The van der Waals surface area contributed by atoms with E-state index >= 15 is 0 Å². The van der Waals surface area contributed by atoms with Crippen LogP contribution < -0.4 is 9.47 Å². The average Bonchev–Trinajstić information content (AvgIpc) is 2.97. The van der Waals surface area contributed by atoms with Crippen molar-refractivity contribution in [1.82, 2.24) is 4.90 Å². The van der Waals surface area contributed by atoms with Gasteiger partial charge in [0.2, 0.25) is 0 Å². The van der Waals surface area contributed by atoms with Gasteiger partial charge in [0.25, 0.3) is 5.91 Å². The van der Waals surface area contributed by atoms with Gasteiger partial charge in [0.15, 0.2) is 11.5 Å². The Labute approximate surface area is 204 Å². The summed E-state index contributed by atoms with van der Waals surface area (Å²) in [6.07, 6.45) is 3.49. The largest absolute Gasteiger partial charge is 0.490 e. The first-order chi connectivity index (χ1) is 14.4. The molecule has 1 fully saturated rings. The van der Waals surface area contributed by atoms with E-state index in [2.05, 4.69) is 29.2 Å². The molecule has 0 saturated carbocycles. The van der Waals surface area contributed by atoms with Crippen LogP contribution in [0.25, 0.3) is 6.08 Å². The molecule has 8 heteroatoms. The van der Waals surface area contributed by atoms with Gasteiger partial charge >= 0.3 is 0 Å². The van der Waals surface area contributed by atoms with Crippen molar-refractivity contribution >= 4 is 74.5 Å². The van der Waals surface area contributed by atoms with E-state index in [1.54, 1.807) is 6.08 Å². The third-order valence-corrected chi connectivity index (χ3v) is 6.54. The van der Waals surface area contributed by atoms with Gasteiger partial charge in [-0.25, -0.2) is 0 Å². The first-order valence-electron chi connectivity index (χ1n) is 9.12. The van der Waals surface area contributed by atoms with Crippen LogP contribution in [0, 0.1) is 3.57 Å². The van der Waals surface area contributed by atoms with Crippen LogP contribution in [0.4, 0.5) is 0 Å². The number of thiocarbonyl (C=S) groups is 1. The highest BCUT2D eigenvalue weighted by molar-refractivity contribution is 14.1.